The highest BCUT2D eigenvalue weighted by atomic mass is 35.5. The van der Waals surface area contributed by atoms with Gasteiger partial charge in [-0.1, -0.05) is 68.8 Å². The van der Waals surface area contributed by atoms with Crippen LogP contribution in [0, 0.1) is 44.4 Å². The van der Waals surface area contributed by atoms with Gasteiger partial charge >= 0.3 is 0 Å². The number of carbonyl (C=O) groups is 3. The summed E-state index contributed by atoms with van der Waals surface area (Å²) in [5.41, 5.74) is 12.1. The van der Waals surface area contributed by atoms with Crippen LogP contribution in [0.25, 0.3) is 21.6 Å². The molecule has 0 radical (unpaired) electrons. The third-order valence-corrected chi connectivity index (χ3v) is 13.6. The van der Waals surface area contributed by atoms with E-state index in [9.17, 15) is 19.6 Å². The summed E-state index contributed by atoms with van der Waals surface area (Å²) >= 11 is 8.02. The molecule has 3 atom stereocenters. The lowest BCUT2D eigenvalue weighted by Gasteiger charge is -2.35. The fraction of sp³-hybridized carbons (Fsp3) is 0.451. The van der Waals surface area contributed by atoms with Gasteiger partial charge in [-0.05, 0) is 126 Å². The predicted molar refractivity (Wildman–Crippen MR) is 260 cm³/mol. The quantitative estimate of drug-likeness (QED) is 0.0827. The van der Waals surface area contributed by atoms with Gasteiger partial charge in [0.05, 0.1) is 38.4 Å². The molecule has 3 aromatic carbocycles. The third kappa shape index (κ3) is 11.6. The van der Waals surface area contributed by atoms with Crippen LogP contribution in [0.2, 0.25) is 5.02 Å². The molecule has 2 N–H and O–H groups in total. The number of anilines is 2. The van der Waals surface area contributed by atoms with E-state index in [4.69, 9.17) is 21.4 Å². The minimum absolute atomic E-state index is 0.157. The first-order valence-corrected chi connectivity index (χ1v) is 23.9. The van der Waals surface area contributed by atoms with Crippen LogP contribution in [0.4, 0.5) is 11.4 Å². The van der Waals surface area contributed by atoms with Crippen molar-refractivity contribution in [3.63, 3.8) is 0 Å². The number of carbonyl (C=O) groups excluding carboxylic acids is 3. The molecular weight excluding hydrogens is 856 g/mol. The number of aromatic nitrogens is 3. The number of amides is 3. The Labute approximate surface area is 393 Å². The van der Waals surface area contributed by atoms with Crippen molar-refractivity contribution in [2.24, 2.45) is 5.41 Å². The summed E-state index contributed by atoms with van der Waals surface area (Å²) in [6.45, 7) is 20.2. The van der Waals surface area contributed by atoms with Crippen LogP contribution < -0.4 is 15.5 Å². The number of unbranched alkanes of at least 4 members (excludes halogenated alkanes) is 2. The Bertz CT molecular complexity index is 2520. The van der Waals surface area contributed by atoms with Crippen LogP contribution in [0.1, 0.15) is 107 Å². The topological polar surface area (TPSA) is 145 Å². The molecule has 1 saturated heterocycles. The van der Waals surface area contributed by atoms with E-state index in [0.717, 1.165) is 93.5 Å². The molecule has 2 aromatic heterocycles. The average Bonchev–Trinajstić information content (AvgIpc) is 4.01. The lowest BCUT2D eigenvalue weighted by molar-refractivity contribution is -0.144. The molecule has 344 valence electrons. The number of benzene rings is 3. The van der Waals surface area contributed by atoms with Gasteiger partial charge in [-0.3, -0.25) is 19.1 Å². The molecule has 1 aliphatic heterocycles. The van der Waals surface area contributed by atoms with Crippen molar-refractivity contribution in [3.05, 3.63) is 105 Å². The van der Waals surface area contributed by atoms with Crippen molar-refractivity contribution >= 4 is 52.0 Å². The van der Waals surface area contributed by atoms with Gasteiger partial charge in [0, 0.05) is 48.9 Å². The number of nitriles is 1. The van der Waals surface area contributed by atoms with Crippen molar-refractivity contribution in [1.29, 1.82) is 5.26 Å². The van der Waals surface area contributed by atoms with Crippen molar-refractivity contribution in [1.82, 2.24) is 30.3 Å². The van der Waals surface area contributed by atoms with Gasteiger partial charge < -0.3 is 25.2 Å². The van der Waals surface area contributed by atoms with Crippen molar-refractivity contribution in [3.8, 4) is 27.6 Å². The minimum atomic E-state index is -0.823. The van der Waals surface area contributed by atoms with E-state index in [0.29, 0.717) is 36.6 Å². The van der Waals surface area contributed by atoms with Crippen LogP contribution in [0.15, 0.2) is 66.2 Å². The molecule has 65 heavy (non-hydrogen) atoms. The van der Waals surface area contributed by atoms with Crippen LogP contribution >= 0.6 is 22.9 Å². The molecule has 1 aliphatic rings. The molecule has 12 nitrogen and oxygen atoms in total. The van der Waals surface area contributed by atoms with Gasteiger partial charge in [-0.25, -0.2) is 4.98 Å². The van der Waals surface area contributed by atoms with E-state index < -0.39 is 17.5 Å². The van der Waals surface area contributed by atoms with E-state index >= 15 is 0 Å². The maximum Gasteiger partial charge on any atom is 0.246 e. The maximum absolute atomic E-state index is 14.1. The van der Waals surface area contributed by atoms with Crippen molar-refractivity contribution in [2.45, 2.75) is 119 Å². The molecule has 0 spiro atoms. The zero-order chi connectivity index (χ0) is 47.0. The summed E-state index contributed by atoms with van der Waals surface area (Å²) in [4.78, 5) is 50.2. The predicted octanol–water partition coefficient (Wildman–Crippen LogP) is 10.2. The number of aryl methyl sites for hydroxylation is 4. The van der Waals surface area contributed by atoms with E-state index in [1.807, 2.05) is 83.5 Å². The first kappa shape index (κ1) is 48.9. The standard InChI is InChI=1S/C51H63ClN8O4S/c1-10-58(41-23-22-40(29-53)42(52)28-41)44-27-39(17-16-32(44)2)46-34(4)57-60(36(46)6)25-12-11-13-26-64-30-45(61)56-48(51(7,8)9)50(63)59-24-14-15-43(59)49(62)55-33(3)37-18-20-38(21-19-37)47-35(5)54-31-65-47/h16-23,27-28,31,33,43,48H,10-15,24-26,30H2,1-9H3,(H,55,62)(H,56,61)/t33-,43-,48+/m0/s1. The zero-order valence-corrected chi connectivity index (χ0v) is 40.8. The summed E-state index contributed by atoms with van der Waals surface area (Å²) in [5.74, 6) is -0.813. The molecule has 3 heterocycles. The van der Waals surface area contributed by atoms with Gasteiger partial charge in [-0.2, -0.15) is 10.4 Å². The van der Waals surface area contributed by atoms with Crippen molar-refractivity contribution in [2.75, 3.05) is 31.2 Å². The highest BCUT2D eigenvalue weighted by molar-refractivity contribution is 7.13. The zero-order valence-electron chi connectivity index (χ0n) is 39.3. The Morgan fingerprint density at radius 2 is 1.72 bits per heavy atom. The number of thiazole rings is 1. The first-order valence-electron chi connectivity index (χ1n) is 22.6. The van der Waals surface area contributed by atoms with E-state index in [1.54, 1.807) is 22.3 Å². The largest absolute Gasteiger partial charge is 0.372 e. The Morgan fingerprint density at radius 1 is 0.985 bits per heavy atom. The summed E-state index contributed by atoms with van der Waals surface area (Å²) < 4.78 is 7.87. The van der Waals surface area contributed by atoms with E-state index in [2.05, 4.69) is 70.2 Å². The Morgan fingerprint density at radius 3 is 2.38 bits per heavy atom. The summed E-state index contributed by atoms with van der Waals surface area (Å²) in [5, 5.41) is 20.8. The minimum Gasteiger partial charge on any atom is -0.372 e. The van der Waals surface area contributed by atoms with Gasteiger partial charge in [0.1, 0.15) is 24.8 Å². The molecule has 5 aromatic rings. The molecular formula is C51H63ClN8O4S. The van der Waals surface area contributed by atoms with Gasteiger partial charge in [0.25, 0.3) is 0 Å². The number of ether oxygens (including phenoxy) is 1. The normalized spacial score (nSPS) is 14.8. The van der Waals surface area contributed by atoms with E-state index in [-0.39, 0.29) is 30.4 Å². The number of nitrogens with one attached hydrogen (secondary N) is 2. The van der Waals surface area contributed by atoms with Gasteiger partial charge in [0.2, 0.25) is 17.7 Å². The molecule has 1 fully saturated rings. The third-order valence-electron chi connectivity index (χ3n) is 12.3. The number of nitrogens with zero attached hydrogens (tertiary/aromatic N) is 6. The Kier molecular flexibility index (Phi) is 16.3. The fourth-order valence-corrected chi connectivity index (χ4v) is 9.69. The first-order chi connectivity index (χ1) is 31.0. The smallest absolute Gasteiger partial charge is 0.246 e. The molecule has 6 rings (SSSR count). The number of rotatable bonds is 18. The number of hydrogen-bond acceptors (Lipinski definition) is 9. The van der Waals surface area contributed by atoms with E-state index in [1.165, 1.54) is 0 Å². The van der Waals surface area contributed by atoms with Crippen LogP contribution in [0.5, 0.6) is 0 Å². The van der Waals surface area contributed by atoms with Gasteiger partial charge in [-0.15, -0.1) is 11.3 Å². The van der Waals surface area contributed by atoms with Crippen LogP contribution in [-0.4, -0.2) is 75.8 Å². The molecule has 0 aliphatic carbocycles. The van der Waals surface area contributed by atoms with Gasteiger partial charge in [0.15, 0.2) is 0 Å². The lowest BCUT2D eigenvalue weighted by Crippen LogP contribution is -2.58. The molecule has 0 unspecified atom stereocenters. The van der Waals surface area contributed by atoms with Crippen molar-refractivity contribution < 1.29 is 19.1 Å². The number of likely N-dealkylation sites (tertiary alicyclic amines) is 1. The number of halogens is 1. The average molecular weight is 920 g/mol. The SMILES string of the molecule is CCN(c1ccc(C#N)c(Cl)c1)c1cc(-c2c(C)nn(CCCCCOCC(=O)N[C@H](C(=O)N3CCC[C@H]3C(=O)N[C@@H](C)c3ccc(-c4scnc4C)cc3)C(C)(C)C)c2C)ccc1C. The highest BCUT2D eigenvalue weighted by Gasteiger charge is 2.42. The Balaban J connectivity index is 0.964. The molecule has 0 bridgehead atoms. The molecule has 0 saturated carbocycles. The summed E-state index contributed by atoms with van der Waals surface area (Å²) in [6.07, 6.45) is 3.82. The number of hydrogen-bond donors (Lipinski definition) is 2. The monoisotopic (exact) mass is 918 g/mol. The molecule has 3 amide bonds. The second-order valence-corrected chi connectivity index (χ2v) is 19.3. The lowest BCUT2D eigenvalue weighted by atomic mass is 9.85. The van der Waals surface area contributed by atoms with Crippen LogP contribution in [0.3, 0.4) is 0 Å². The second kappa shape index (κ2) is 21.6. The molecule has 14 heteroatoms. The Hall–Kier alpha value is -5.55. The maximum atomic E-state index is 14.1. The summed E-state index contributed by atoms with van der Waals surface area (Å²) in [6, 6.07) is 20.6. The summed E-state index contributed by atoms with van der Waals surface area (Å²) in [7, 11) is 0. The highest BCUT2D eigenvalue weighted by Crippen LogP contribution is 2.37. The second-order valence-electron chi connectivity index (χ2n) is 18.1. The van der Waals surface area contributed by atoms with Crippen LogP contribution in [-0.2, 0) is 25.7 Å². The fourth-order valence-electron chi connectivity index (χ4n) is 8.67.